The van der Waals surface area contributed by atoms with E-state index in [4.69, 9.17) is 8.83 Å². The molecule has 1 aliphatic heterocycles. The van der Waals surface area contributed by atoms with Crippen LogP contribution in [0.1, 0.15) is 44.5 Å². The molecule has 0 saturated heterocycles. The molecular formula is C79H50F3N3O2. The minimum atomic E-state index is -4.63. The number of benzene rings is 13. The normalized spacial score (nSPS) is 13.3. The van der Waals surface area contributed by atoms with Crippen molar-refractivity contribution in [2.75, 3.05) is 9.80 Å². The largest absolute Gasteiger partial charge is 0.454 e. The van der Waals surface area contributed by atoms with Crippen LogP contribution in [-0.4, -0.2) is 4.57 Å². The van der Waals surface area contributed by atoms with Gasteiger partial charge in [-0.1, -0.05) is 181 Å². The maximum Gasteiger partial charge on any atom is 0.420 e. The van der Waals surface area contributed by atoms with Gasteiger partial charge in [0.1, 0.15) is 11.2 Å². The van der Waals surface area contributed by atoms with Crippen LogP contribution in [0, 0.1) is 20.8 Å². The van der Waals surface area contributed by atoms with Gasteiger partial charge in [-0.25, -0.2) is 0 Å². The van der Waals surface area contributed by atoms with Crippen LogP contribution >= 0.6 is 0 Å². The number of hydrogen-bond donors (Lipinski definition) is 0. The zero-order valence-corrected chi connectivity index (χ0v) is 47.5. The highest BCUT2D eigenvalue weighted by molar-refractivity contribution is 6.20. The average Bonchev–Trinajstić information content (AvgIpc) is 1.52. The van der Waals surface area contributed by atoms with E-state index in [2.05, 4.69) is 247 Å². The Bertz CT molecular complexity index is 5540. The third-order valence-corrected chi connectivity index (χ3v) is 18.8. The van der Waals surface area contributed by atoms with Gasteiger partial charge >= 0.3 is 6.18 Å². The Morgan fingerprint density at radius 3 is 1.48 bits per heavy atom. The number of nitrogens with zero attached hydrogens (tertiary/aromatic N) is 3. The van der Waals surface area contributed by atoms with Crippen LogP contribution in [0.25, 0.3) is 104 Å². The number of fused-ring (bicyclic) bond motifs is 22. The molecule has 3 aromatic heterocycles. The van der Waals surface area contributed by atoms with Crippen molar-refractivity contribution in [3.63, 3.8) is 0 Å². The number of furan rings is 2. The van der Waals surface area contributed by atoms with Gasteiger partial charge in [0.25, 0.3) is 0 Å². The highest BCUT2D eigenvalue weighted by atomic mass is 19.4. The zero-order chi connectivity index (χ0) is 58.2. The van der Waals surface area contributed by atoms with Crippen LogP contribution in [-0.2, 0) is 11.6 Å². The Morgan fingerprint density at radius 1 is 0.368 bits per heavy atom. The van der Waals surface area contributed by atoms with Crippen molar-refractivity contribution < 1.29 is 22.0 Å². The molecule has 1 spiro atoms. The molecule has 414 valence electrons. The Kier molecular flexibility index (Phi) is 10.2. The Hall–Kier alpha value is -10.8. The second kappa shape index (κ2) is 17.9. The molecule has 0 saturated carbocycles. The summed E-state index contributed by atoms with van der Waals surface area (Å²) in [6, 6.07) is 87.2. The minimum Gasteiger partial charge on any atom is -0.454 e. The molecule has 0 amide bonds. The van der Waals surface area contributed by atoms with Gasteiger partial charge in [-0.15, -0.1) is 0 Å². The van der Waals surface area contributed by atoms with Gasteiger partial charge in [-0.05, 0) is 160 Å². The molecule has 8 heteroatoms. The molecule has 87 heavy (non-hydrogen) atoms. The van der Waals surface area contributed by atoms with Crippen LogP contribution in [0.2, 0.25) is 0 Å². The Morgan fingerprint density at radius 2 is 0.862 bits per heavy atom. The second-order valence-electron chi connectivity index (χ2n) is 23.6. The lowest BCUT2D eigenvalue weighted by Gasteiger charge is -2.40. The van der Waals surface area contributed by atoms with Crippen molar-refractivity contribution in [3.05, 3.63) is 293 Å². The van der Waals surface area contributed by atoms with Gasteiger partial charge in [0.2, 0.25) is 0 Å². The smallest absolute Gasteiger partial charge is 0.420 e. The lowest BCUT2D eigenvalue weighted by atomic mass is 9.65. The lowest BCUT2D eigenvalue weighted by Crippen LogP contribution is -2.33. The average molecular weight is 1130 g/mol. The third kappa shape index (κ3) is 6.81. The molecule has 0 radical (unpaired) electrons. The molecule has 13 aromatic carbocycles. The summed E-state index contributed by atoms with van der Waals surface area (Å²) in [5.74, 6) is 0. The van der Waals surface area contributed by atoms with Crippen LogP contribution in [0.15, 0.2) is 258 Å². The summed E-state index contributed by atoms with van der Waals surface area (Å²) < 4.78 is 60.5. The molecule has 2 aliphatic rings. The number of alkyl halides is 3. The molecule has 0 atom stereocenters. The maximum absolute atomic E-state index is 14.8. The highest BCUT2D eigenvalue weighted by Crippen LogP contribution is 2.64. The van der Waals surface area contributed by atoms with Crippen molar-refractivity contribution in [3.8, 4) is 16.8 Å². The summed E-state index contributed by atoms with van der Waals surface area (Å²) in [7, 11) is 0. The van der Waals surface area contributed by atoms with Gasteiger partial charge in [0, 0.05) is 55.1 Å². The van der Waals surface area contributed by atoms with E-state index in [0.717, 1.165) is 112 Å². The van der Waals surface area contributed by atoms with Gasteiger partial charge in [-0.2, -0.15) is 13.2 Å². The van der Waals surface area contributed by atoms with Crippen LogP contribution < -0.4 is 9.80 Å². The number of aromatic nitrogens is 1. The molecule has 0 N–H and O–H groups in total. The fourth-order valence-corrected chi connectivity index (χ4v) is 15.1. The van der Waals surface area contributed by atoms with E-state index in [1.165, 1.54) is 49.9 Å². The molecule has 5 nitrogen and oxygen atoms in total. The zero-order valence-electron chi connectivity index (χ0n) is 47.5. The first-order valence-electron chi connectivity index (χ1n) is 29.5. The molecule has 4 heterocycles. The number of rotatable bonds is 6. The minimum absolute atomic E-state index is 0.191. The first-order chi connectivity index (χ1) is 42.5. The van der Waals surface area contributed by atoms with E-state index in [0.29, 0.717) is 22.0 Å². The summed E-state index contributed by atoms with van der Waals surface area (Å²) in [5, 5.41) is 9.84. The monoisotopic (exact) mass is 1130 g/mol. The fraction of sp³-hybridized carbons (Fsp3) is 0.0633. The summed E-state index contributed by atoms with van der Waals surface area (Å²) in [5.41, 5.74) is 18.8. The molecule has 18 rings (SSSR count). The van der Waals surface area contributed by atoms with Gasteiger partial charge < -0.3 is 23.2 Å². The van der Waals surface area contributed by atoms with E-state index < -0.39 is 17.2 Å². The van der Waals surface area contributed by atoms with E-state index >= 15 is 0 Å². The van der Waals surface area contributed by atoms with Crippen molar-refractivity contribution in [1.29, 1.82) is 0 Å². The first kappa shape index (κ1) is 49.6. The molecule has 0 bridgehead atoms. The highest BCUT2D eigenvalue weighted by Gasteiger charge is 2.52. The summed E-state index contributed by atoms with van der Waals surface area (Å²) in [4.78, 5) is 4.51. The SMILES string of the molecule is Cc1ccc(N(c2cc3c4c(c2)c2cc(N(c5ccc(C)cc5)c5cccc6c5oc5c(C(F)(F)F)cccc56)ccc2n4-c2ccccc2C32c3ccc4ccccc4c3-c3c2ccc2ccccc32)c2cccc3c2oc2c(C)cccc23)cc1. The molecule has 16 aromatic rings. The quantitative estimate of drug-likeness (QED) is 0.166. The van der Waals surface area contributed by atoms with Gasteiger partial charge in [0.05, 0.1) is 39.1 Å². The van der Waals surface area contributed by atoms with Crippen molar-refractivity contribution >= 4 is 121 Å². The second-order valence-corrected chi connectivity index (χ2v) is 23.6. The Labute approximate surface area is 497 Å². The predicted octanol–water partition coefficient (Wildman–Crippen LogP) is 22.4. The van der Waals surface area contributed by atoms with Crippen LogP contribution in [0.5, 0.6) is 0 Å². The van der Waals surface area contributed by atoms with Crippen molar-refractivity contribution in [2.24, 2.45) is 0 Å². The van der Waals surface area contributed by atoms with E-state index in [1.807, 2.05) is 18.2 Å². The number of para-hydroxylation sites is 5. The molecule has 0 unspecified atom stereocenters. The van der Waals surface area contributed by atoms with Crippen LogP contribution in [0.4, 0.5) is 47.3 Å². The van der Waals surface area contributed by atoms with Crippen molar-refractivity contribution in [2.45, 2.75) is 32.4 Å². The maximum atomic E-state index is 14.8. The predicted molar refractivity (Wildman–Crippen MR) is 350 cm³/mol. The van der Waals surface area contributed by atoms with Crippen LogP contribution in [0.3, 0.4) is 0 Å². The number of halogens is 3. The first-order valence-corrected chi connectivity index (χ1v) is 29.5. The topological polar surface area (TPSA) is 37.7 Å². The fourth-order valence-electron chi connectivity index (χ4n) is 15.1. The summed E-state index contributed by atoms with van der Waals surface area (Å²) in [6.07, 6.45) is -4.63. The van der Waals surface area contributed by atoms with Crippen molar-refractivity contribution in [1.82, 2.24) is 4.57 Å². The molecule has 0 fully saturated rings. The van der Waals surface area contributed by atoms with Gasteiger partial charge in [0.15, 0.2) is 11.2 Å². The number of aryl methyl sites for hydroxylation is 3. The van der Waals surface area contributed by atoms with Gasteiger partial charge in [-0.3, -0.25) is 0 Å². The third-order valence-electron chi connectivity index (χ3n) is 18.8. The number of hydrogen-bond acceptors (Lipinski definition) is 4. The number of anilines is 6. The van der Waals surface area contributed by atoms with E-state index in [-0.39, 0.29) is 5.58 Å². The van der Waals surface area contributed by atoms with E-state index in [9.17, 15) is 13.2 Å². The molecular weight excluding hydrogens is 1080 g/mol. The standard InChI is InChI=1S/C79H50F3N3O2/c1-45-28-34-50(35-29-45)83(69-26-13-22-59-57-20-11-24-65(79(80,81)82)75(57)87-77(59)69)52-38-41-67-60(42-52)61-43-53(84(51-36-30-46(2)31-37-51)70-27-12-21-58-56-19-10-14-47(3)74(56)86-76(58)70)44-66-73(61)85(67)68-25-9-8-23-62(68)78(66)63-39-32-48-15-4-6-17-54(48)71(63)72-55-18-7-5-16-49(55)33-40-64(72)78/h4-44H,1-3H3. The lowest BCUT2D eigenvalue weighted by molar-refractivity contribution is -0.136. The Balaban J connectivity index is 1.00. The molecule has 1 aliphatic carbocycles. The van der Waals surface area contributed by atoms with E-state index in [1.54, 1.807) is 6.07 Å². The summed E-state index contributed by atoms with van der Waals surface area (Å²) >= 11 is 0. The summed E-state index contributed by atoms with van der Waals surface area (Å²) in [6.45, 7) is 6.28.